The molecule has 1 aliphatic heterocycles. The van der Waals surface area contributed by atoms with Crippen LogP contribution in [0.25, 0.3) is 0 Å². The number of amides is 1. The van der Waals surface area contributed by atoms with Crippen LogP contribution in [0.15, 0.2) is 77.7 Å². The van der Waals surface area contributed by atoms with Gasteiger partial charge in [0.05, 0.1) is 36.5 Å². The molecule has 0 radical (unpaired) electrons. The van der Waals surface area contributed by atoms with Gasteiger partial charge in [-0.2, -0.15) is 0 Å². The van der Waals surface area contributed by atoms with E-state index in [1.54, 1.807) is 41.3 Å². The zero-order valence-corrected chi connectivity index (χ0v) is 18.9. The molecule has 0 unspecified atom stereocenters. The first-order chi connectivity index (χ1) is 16.0. The Morgan fingerprint density at radius 3 is 2.36 bits per heavy atom. The number of rotatable bonds is 7. The second-order valence-corrected chi connectivity index (χ2v) is 8.97. The third-order valence-electron chi connectivity index (χ3n) is 5.11. The third kappa shape index (κ3) is 5.27. The van der Waals surface area contributed by atoms with Crippen LogP contribution in [0.4, 0.5) is 5.69 Å². The van der Waals surface area contributed by atoms with Gasteiger partial charge in [0, 0.05) is 13.1 Å². The number of carbonyl (C=O) groups excluding carboxylic acids is 1. The molecule has 1 N–H and O–H groups in total. The van der Waals surface area contributed by atoms with Crippen LogP contribution in [0.1, 0.15) is 10.4 Å². The third-order valence-corrected chi connectivity index (χ3v) is 6.48. The van der Waals surface area contributed by atoms with Gasteiger partial charge in [0.25, 0.3) is 15.9 Å². The van der Waals surface area contributed by atoms with Gasteiger partial charge < -0.3 is 19.1 Å². The SMILES string of the molecule is COc1ccc(S(=O)(=O)Nc2ccccc2Oc2ccccc2)cc1C(=O)N1CCOCC1. The van der Waals surface area contributed by atoms with E-state index < -0.39 is 10.0 Å². The van der Waals surface area contributed by atoms with Crippen LogP contribution in [-0.2, 0) is 14.8 Å². The molecule has 8 nitrogen and oxygen atoms in total. The molecule has 1 heterocycles. The largest absolute Gasteiger partial charge is 0.496 e. The van der Waals surface area contributed by atoms with E-state index in [0.717, 1.165) is 0 Å². The van der Waals surface area contributed by atoms with Gasteiger partial charge in [0.15, 0.2) is 5.75 Å². The van der Waals surface area contributed by atoms with Gasteiger partial charge in [-0.3, -0.25) is 9.52 Å². The van der Waals surface area contributed by atoms with Crippen LogP contribution in [-0.4, -0.2) is 52.6 Å². The highest BCUT2D eigenvalue weighted by atomic mass is 32.2. The van der Waals surface area contributed by atoms with Crippen LogP contribution in [0.5, 0.6) is 17.2 Å². The summed E-state index contributed by atoms with van der Waals surface area (Å²) in [6.45, 7) is 1.74. The summed E-state index contributed by atoms with van der Waals surface area (Å²) in [5.74, 6) is 0.927. The maximum absolute atomic E-state index is 13.2. The van der Waals surface area contributed by atoms with Crippen molar-refractivity contribution in [1.29, 1.82) is 0 Å². The number of hydrogen-bond acceptors (Lipinski definition) is 6. The molecule has 0 aromatic heterocycles. The topological polar surface area (TPSA) is 94.2 Å². The summed E-state index contributed by atoms with van der Waals surface area (Å²) in [5, 5.41) is 0. The molecule has 9 heteroatoms. The monoisotopic (exact) mass is 468 g/mol. The quantitative estimate of drug-likeness (QED) is 0.568. The number of benzene rings is 3. The van der Waals surface area contributed by atoms with E-state index in [-0.39, 0.29) is 22.1 Å². The molecule has 4 rings (SSSR count). The van der Waals surface area contributed by atoms with Crippen LogP contribution < -0.4 is 14.2 Å². The first kappa shape index (κ1) is 22.6. The van der Waals surface area contributed by atoms with Crippen molar-refractivity contribution < 1.29 is 27.4 Å². The van der Waals surface area contributed by atoms with Crippen molar-refractivity contribution in [2.45, 2.75) is 4.90 Å². The average Bonchev–Trinajstić information content (AvgIpc) is 2.85. The highest BCUT2D eigenvalue weighted by Gasteiger charge is 2.25. The molecule has 0 spiro atoms. The van der Waals surface area contributed by atoms with E-state index in [9.17, 15) is 13.2 Å². The minimum Gasteiger partial charge on any atom is -0.496 e. The molecule has 33 heavy (non-hydrogen) atoms. The van der Waals surface area contributed by atoms with E-state index in [4.69, 9.17) is 14.2 Å². The molecule has 1 fully saturated rings. The van der Waals surface area contributed by atoms with Gasteiger partial charge in [-0.15, -0.1) is 0 Å². The molecule has 172 valence electrons. The van der Waals surface area contributed by atoms with Gasteiger partial charge in [-0.1, -0.05) is 30.3 Å². The Morgan fingerprint density at radius 1 is 0.939 bits per heavy atom. The zero-order chi connectivity index (χ0) is 23.3. The van der Waals surface area contributed by atoms with Crippen molar-refractivity contribution in [2.24, 2.45) is 0 Å². The maximum atomic E-state index is 13.2. The van der Waals surface area contributed by atoms with Gasteiger partial charge in [-0.05, 0) is 42.5 Å². The Balaban J connectivity index is 1.62. The van der Waals surface area contributed by atoms with Crippen molar-refractivity contribution >= 4 is 21.6 Å². The molecule has 1 saturated heterocycles. The minimum atomic E-state index is -4.02. The molecule has 0 atom stereocenters. The van der Waals surface area contributed by atoms with E-state index in [0.29, 0.717) is 43.6 Å². The fourth-order valence-electron chi connectivity index (χ4n) is 3.42. The van der Waals surface area contributed by atoms with Crippen LogP contribution in [0, 0.1) is 0 Å². The number of anilines is 1. The van der Waals surface area contributed by atoms with E-state index in [2.05, 4.69) is 4.72 Å². The number of nitrogens with zero attached hydrogens (tertiary/aromatic N) is 1. The Morgan fingerprint density at radius 2 is 1.64 bits per heavy atom. The lowest BCUT2D eigenvalue weighted by atomic mass is 10.1. The second-order valence-electron chi connectivity index (χ2n) is 7.28. The van der Waals surface area contributed by atoms with Crippen molar-refractivity contribution in [3.8, 4) is 17.2 Å². The summed E-state index contributed by atoms with van der Waals surface area (Å²) < 4.78 is 45.4. The van der Waals surface area contributed by atoms with E-state index in [1.807, 2.05) is 18.2 Å². The summed E-state index contributed by atoms with van der Waals surface area (Å²) in [7, 11) is -2.58. The number of carbonyl (C=O) groups is 1. The molecular formula is C24H24N2O6S. The normalized spacial score (nSPS) is 13.9. The Hall–Kier alpha value is -3.56. The lowest BCUT2D eigenvalue weighted by Crippen LogP contribution is -2.40. The molecule has 0 aliphatic carbocycles. The predicted molar refractivity (Wildman–Crippen MR) is 123 cm³/mol. The van der Waals surface area contributed by atoms with Gasteiger partial charge in [0.1, 0.15) is 11.5 Å². The lowest BCUT2D eigenvalue weighted by molar-refractivity contribution is 0.0300. The highest BCUT2D eigenvalue weighted by Crippen LogP contribution is 2.32. The summed E-state index contributed by atoms with van der Waals surface area (Å²) >= 11 is 0. The predicted octanol–water partition coefficient (Wildman–Crippen LogP) is 3.76. The standard InChI is InChI=1S/C24H24N2O6S/c1-30-22-12-11-19(17-20(22)24(27)26-13-15-31-16-14-26)33(28,29)25-21-9-5-6-10-23(21)32-18-7-3-2-4-8-18/h2-12,17,25H,13-16H2,1H3. The van der Waals surface area contributed by atoms with Crippen LogP contribution in [0.2, 0.25) is 0 Å². The molecule has 1 aliphatic rings. The number of para-hydroxylation sites is 3. The molecule has 1 amide bonds. The summed E-state index contributed by atoms with van der Waals surface area (Å²) in [6.07, 6.45) is 0. The minimum absolute atomic E-state index is 0.0607. The summed E-state index contributed by atoms with van der Waals surface area (Å²) in [6, 6.07) is 20.0. The number of morpholine rings is 1. The van der Waals surface area contributed by atoms with E-state index >= 15 is 0 Å². The van der Waals surface area contributed by atoms with Crippen LogP contribution >= 0.6 is 0 Å². The zero-order valence-electron chi connectivity index (χ0n) is 18.1. The number of ether oxygens (including phenoxy) is 3. The van der Waals surface area contributed by atoms with E-state index in [1.165, 1.54) is 25.3 Å². The molecule has 3 aromatic rings. The number of hydrogen-bond donors (Lipinski definition) is 1. The average molecular weight is 469 g/mol. The molecule has 3 aromatic carbocycles. The maximum Gasteiger partial charge on any atom is 0.262 e. The lowest BCUT2D eigenvalue weighted by Gasteiger charge is -2.27. The summed E-state index contributed by atoms with van der Waals surface area (Å²) in [4.78, 5) is 14.6. The van der Waals surface area contributed by atoms with Gasteiger partial charge >= 0.3 is 0 Å². The second kappa shape index (κ2) is 9.93. The Labute approximate surface area is 192 Å². The first-order valence-corrected chi connectivity index (χ1v) is 11.9. The summed E-state index contributed by atoms with van der Waals surface area (Å²) in [5.41, 5.74) is 0.453. The molecule has 0 saturated carbocycles. The van der Waals surface area contributed by atoms with Crippen LogP contribution in [0.3, 0.4) is 0 Å². The fourth-order valence-corrected chi connectivity index (χ4v) is 4.51. The molecular weight excluding hydrogens is 444 g/mol. The molecule has 0 bridgehead atoms. The number of nitrogens with one attached hydrogen (secondary N) is 1. The first-order valence-electron chi connectivity index (χ1n) is 10.4. The van der Waals surface area contributed by atoms with Crippen molar-refractivity contribution in [3.63, 3.8) is 0 Å². The Kier molecular flexibility index (Phi) is 6.81. The number of sulfonamides is 1. The Bertz CT molecular complexity index is 1220. The van der Waals surface area contributed by atoms with Crippen molar-refractivity contribution in [1.82, 2.24) is 4.90 Å². The van der Waals surface area contributed by atoms with Crippen molar-refractivity contribution in [3.05, 3.63) is 78.4 Å². The van der Waals surface area contributed by atoms with Crippen molar-refractivity contribution in [2.75, 3.05) is 38.1 Å². The van der Waals surface area contributed by atoms with Gasteiger partial charge in [0.2, 0.25) is 0 Å². The van der Waals surface area contributed by atoms with Gasteiger partial charge in [-0.25, -0.2) is 8.42 Å². The highest BCUT2D eigenvalue weighted by molar-refractivity contribution is 7.92. The fraction of sp³-hybridized carbons (Fsp3) is 0.208. The smallest absolute Gasteiger partial charge is 0.262 e. The number of methoxy groups -OCH3 is 1.